The lowest BCUT2D eigenvalue weighted by Crippen LogP contribution is -1.96. The van der Waals surface area contributed by atoms with E-state index in [1.807, 2.05) is 0 Å². The molecule has 6 rings (SSSR count). The van der Waals surface area contributed by atoms with E-state index in [1.165, 1.54) is 21.5 Å². The summed E-state index contributed by atoms with van der Waals surface area (Å²) in [5.74, 6) is 0. The van der Waals surface area contributed by atoms with E-state index in [2.05, 4.69) is 62.4 Å². The van der Waals surface area contributed by atoms with Gasteiger partial charge in [0.15, 0.2) is 0 Å². The Morgan fingerprint density at radius 3 is 1.47 bits per heavy atom. The van der Waals surface area contributed by atoms with Gasteiger partial charge in [-0.3, -0.25) is 0 Å². The molecule has 0 bridgehead atoms. The van der Waals surface area contributed by atoms with Gasteiger partial charge in [0.05, 0.1) is 33.2 Å². The summed E-state index contributed by atoms with van der Waals surface area (Å²) >= 11 is 0. The summed E-state index contributed by atoms with van der Waals surface area (Å²) in [6, 6.07) is 20.6. The van der Waals surface area contributed by atoms with Gasteiger partial charge < -0.3 is 0 Å². The van der Waals surface area contributed by atoms with Crippen LogP contribution in [0.4, 0.5) is 0 Å². The smallest absolute Gasteiger partial charge is 0.101 e. The first-order chi connectivity index (χ1) is 14.6. The molecule has 0 atom stereocenters. The quantitative estimate of drug-likeness (QED) is 0.237. The predicted octanol–water partition coefficient (Wildman–Crippen LogP) is 6.04. The number of nitriles is 2. The van der Waals surface area contributed by atoms with Gasteiger partial charge in [-0.1, -0.05) is 24.3 Å². The summed E-state index contributed by atoms with van der Waals surface area (Å²) in [6.07, 6.45) is 0. The van der Waals surface area contributed by atoms with Gasteiger partial charge in [-0.05, 0) is 70.8 Å². The van der Waals surface area contributed by atoms with E-state index in [1.54, 1.807) is 12.1 Å². The monoisotopic (exact) mass is 382 g/mol. The van der Waals surface area contributed by atoms with Crippen LogP contribution in [0, 0.1) is 36.5 Å². The first-order valence-electron chi connectivity index (χ1n) is 9.72. The lowest BCUT2D eigenvalue weighted by atomic mass is 9.90. The third-order valence-corrected chi connectivity index (χ3v) is 5.87. The number of rotatable bonds is 0. The van der Waals surface area contributed by atoms with Crippen molar-refractivity contribution in [1.29, 1.82) is 10.5 Å². The largest absolute Gasteiger partial charge is 0.244 e. The molecule has 0 fully saturated rings. The van der Waals surface area contributed by atoms with Gasteiger partial charge in [0.2, 0.25) is 0 Å². The zero-order chi connectivity index (χ0) is 20.6. The van der Waals surface area contributed by atoms with Gasteiger partial charge in [-0.15, -0.1) is 0 Å². The van der Waals surface area contributed by atoms with Crippen LogP contribution in [-0.4, -0.2) is 9.97 Å². The summed E-state index contributed by atoms with van der Waals surface area (Å²) in [5.41, 5.74) is 5.89. The Bertz CT molecular complexity index is 1650. The van der Waals surface area contributed by atoms with E-state index in [4.69, 9.17) is 9.97 Å². The summed E-state index contributed by atoms with van der Waals surface area (Å²) < 4.78 is 0. The highest BCUT2D eigenvalue weighted by Crippen LogP contribution is 2.41. The van der Waals surface area contributed by atoms with Gasteiger partial charge >= 0.3 is 0 Å². The number of aryl methyl sites for hydroxylation is 2. The minimum absolute atomic E-state index is 0.322. The maximum atomic E-state index is 9.42. The standard InChI is InChI=1S/C26H14N4/c1-13-5-15-3-4-16-6-14(2)8-20-24(16)23(15)19(7-13)25-26(20)30-22-10-18(12-28)17(11-27)9-21(22)29-25/h3-10H,1-2H3. The molecule has 0 saturated heterocycles. The van der Waals surface area contributed by atoms with E-state index in [0.29, 0.717) is 22.2 Å². The third-order valence-electron chi connectivity index (χ3n) is 5.87. The molecule has 138 valence electrons. The van der Waals surface area contributed by atoms with E-state index < -0.39 is 0 Å². The van der Waals surface area contributed by atoms with Crippen LogP contribution >= 0.6 is 0 Å². The predicted molar refractivity (Wildman–Crippen MR) is 120 cm³/mol. The van der Waals surface area contributed by atoms with Crippen molar-refractivity contribution in [3.63, 3.8) is 0 Å². The number of benzene rings is 5. The molecule has 6 aromatic rings. The molecule has 0 N–H and O–H groups in total. The van der Waals surface area contributed by atoms with Crippen molar-refractivity contribution in [3.05, 3.63) is 70.8 Å². The third kappa shape index (κ3) is 2.08. The van der Waals surface area contributed by atoms with Gasteiger partial charge in [0.1, 0.15) is 12.1 Å². The number of fused-ring (bicyclic) bond motifs is 4. The van der Waals surface area contributed by atoms with Gasteiger partial charge in [0.25, 0.3) is 0 Å². The molecule has 0 radical (unpaired) electrons. The van der Waals surface area contributed by atoms with Gasteiger partial charge in [-0.2, -0.15) is 10.5 Å². The number of hydrogen-bond acceptors (Lipinski definition) is 4. The molecule has 4 heteroatoms. The molecule has 30 heavy (non-hydrogen) atoms. The number of hydrogen-bond donors (Lipinski definition) is 0. The maximum absolute atomic E-state index is 9.42. The lowest BCUT2D eigenvalue weighted by molar-refractivity contribution is 1.38. The Hall–Kier alpha value is -4.28. The second-order valence-electron chi connectivity index (χ2n) is 7.92. The van der Waals surface area contributed by atoms with Crippen molar-refractivity contribution in [2.45, 2.75) is 13.8 Å². The van der Waals surface area contributed by atoms with Crippen LogP contribution in [0.1, 0.15) is 22.3 Å². The van der Waals surface area contributed by atoms with Crippen molar-refractivity contribution in [3.8, 4) is 12.1 Å². The fourth-order valence-electron chi connectivity index (χ4n) is 4.67. The SMILES string of the molecule is Cc1cc2ccc3cc(C)cc4c5nc6cc(C#N)c(C#N)cc6nc5c(c1)c2c34. The minimum Gasteiger partial charge on any atom is -0.244 e. The molecule has 0 unspecified atom stereocenters. The van der Waals surface area contributed by atoms with E-state index in [-0.39, 0.29) is 0 Å². The highest BCUT2D eigenvalue weighted by atomic mass is 14.8. The number of nitrogens with zero attached hydrogens (tertiary/aromatic N) is 4. The van der Waals surface area contributed by atoms with Crippen molar-refractivity contribution >= 4 is 54.4 Å². The number of aromatic nitrogens is 2. The first kappa shape index (κ1) is 16.7. The summed E-state index contributed by atoms with van der Waals surface area (Å²) in [5, 5.41) is 25.7. The molecule has 0 amide bonds. The highest BCUT2D eigenvalue weighted by molar-refractivity contribution is 6.32. The van der Waals surface area contributed by atoms with Crippen LogP contribution < -0.4 is 0 Å². The molecule has 1 heterocycles. The zero-order valence-electron chi connectivity index (χ0n) is 16.4. The summed E-state index contributed by atoms with van der Waals surface area (Å²) in [4.78, 5) is 9.92. The molecule has 1 aromatic heterocycles. The second kappa shape index (κ2) is 5.63. The molecule has 0 aliphatic carbocycles. The van der Waals surface area contributed by atoms with Crippen LogP contribution in [0.3, 0.4) is 0 Å². The average molecular weight is 382 g/mol. The second-order valence-corrected chi connectivity index (χ2v) is 7.92. The zero-order valence-corrected chi connectivity index (χ0v) is 16.4. The van der Waals surface area contributed by atoms with Crippen LogP contribution in [0.2, 0.25) is 0 Å². The van der Waals surface area contributed by atoms with Crippen molar-refractivity contribution in [2.24, 2.45) is 0 Å². The fourth-order valence-corrected chi connectivity index (χ4v) is 4.67. The van der Waals surface area contributed by atoms with Crippen molar-refractivity contribution in [2.75, 3.05) is 0 Å². The molecule has 0 spiro atoms. The Kier molecular flexibility index (Phi) is 3.12. The first-order valence-corrected chi connectivity index (χ1v) is 9.72. The highest BCUT2D eigenvalue weighted by Gasteiger charge is 2.17. The fraction of sp³-hybridized carbons (Fsp3) is 0.0769. The minimum atomic E-state index is 0.322. The van der Waals surface area contributed by atoms with Crippen LogP contribution in [-0.2, 0) is 0 Å². The summed E-state index contributed by atoms with van der Waals surface area (Å²) in [6.45, 7) is 4.18. The Morgan fingerprint density at radius 1 is 0.633 bits per heavy atom. The molecule has 0 aliphatic heterocycles. The van der Waals surface area contributed by atoms with Crippen molar-refractivity contribution in [1.82, 2.24) is 9.97 Å². The Balaban J connectivity index is 1.96. The lowest BCUT2D eigenvalue weighted by Gasteiger charge is -2.15. The average Bonchev–Trinajstić information content (AvgIpc) is 2.75. The molecule has 0 aliphatic rings. The topological polar surface area (TPSA) is 73.4 Å². The molecular weight excluding hydrogens is 368 g/mol. The van der Waals surface area contributed by atoms with Crippen LogP contribution in [0.25, 0.3) is 54.4 Å². The Labute approximate surface area is 172 Å². The van der Waals surface area contributed by atoms with Gasteiger partial charge in [0, 0.05) is 10.8 Å². The van der Waals surface area contributed by atoms with E-state index in [0.717, 1.165) is 32.9 Å². The molecule has 4 nitrogen and oxygen atoms in total. The van der Waals surface area contributed by atoms with E-state index >= 15 is 0 Å². The van der Waals surface area contributed by atoms with Gasteiger partial charge in [-0.25, -0.2) is 9.97 Å². The molecule has 0 saturated carbocycles. The summed E-state index contributed by atoms with van der Waals surface area (Å²) in [7, 11) is 0. The van der Waals surface area contributed by atoms with Crippen LogP contribution in [0.5, 0.6) is 0 Å². The van der Waals surface area contributed by atoms with Crippen LogP contribution in [0.15, 0.2) is 48.5 Å². The van der Waals surface area contributed by atoms with Crippen molar-refractivity contribution < 1.29 is 0 Å². The normalized spacial score (nSPS) is 11.6. The molecule has 5 aromatic carbocycles. The Morgan fingerprint density at radius 2 is 1.07 bits per heavy atom. The maximum Gasteiger partial charge on any atom is 0.101 e. The molecular formula is C26H14N4. The van der Waals surface area contributed by atoms with E-state index in [9.17, 15) is 10.5 Å².